The Bertz CT molecular complexity index is 851. The van der Waals surface area contributed by atoms with Gasteiger partial charge in [0.25, 0.3) is 0 Å². The number of ether oxygens (including phenoxy) is 1. The summed E-state index contributed by atoms with van der Waals surface area (Å²) in [6, 6.07) is 19.0. The maximum absolute atomic E-state index is 13.1. The molecule has 0 radical (unpaired) electrons. The van der Waals surface area contributed by atoms with Crippen molar-refractivity contribution in [3.8, 4) is 11.6 Å². The number of nitrogens with zero attached hydrogens (tertiary/aromatic N) is 2. The Labute approximate surface area is 145 Å². The molecule has 3 rings (SSSR count). The van der Waals surface area contributed by atoms with Crippen LogP contribution in [0.2, 0.25) is 0 Å². The lowest BCUT2D eigenvalue weighted by Crippen LogP contribution is -2.22. The molecule has 6 heteroatoms. The maximum atomic E-state index is 13.1. The second kappa shape index (κ2) is 7.92. The highest BCUT2D eigenvalue weighted by Gasteiger charge is 2.01. The van der Waals surface area contributed by atoms with Crippen LogP contribution in [0, 0.1) is 5.82 Å². The number of hydrogen-bond donors (Lipinski definition) is 2. The number of halogens is 1. The van der Waals surface area contributed by atoms with Crippen LogP contribution in [0.1, 0.15) is 5.56 Å². The van der Waals surface area contributed by atoms with Gasteiger partial charge in [-0.2, -0.15) is 0 Å². The lowest BCUT2D eigenvalue weighted by Gasteiger charge is -2.06. The SMILES string of the molecule is NC(=NCc1ccc(Oc2cccc(F)c2)nc1)Nc1ccccc1. The Kier molecular flexibility index (Phi) is 5.21. The van der Waals surface area contributed by atoms with Gasteiger partial charge in [0, 0.05) is 24.0 Å². The number of benzene rings is 2. The summed E-state index contributed by atoms with van der Waals surface area (Å²) in [6.07, 6.45) is 1.65. The first-order valence-corrected chi connectivity index (χ1v) is 7.69. The van der Waals surface area contributed by atoms with E-state index in [1.807, 2.05) is 36.4 Å². The Morgan fingerprint density at radius 1 is 1.08 bits per heavy atom. The van der Waals surface area contributed by atoms with E-state index in [0.29, 0.717) is 24.1 Å². The molecule has 126 valence electrons. The average molecular weight is 336 g/mol. The van der Waals surface area contributed by atoms with Crippen LogP contribution >= 0.6 is 0 Å². The predicted molar refractivity (Wildman–Crippen MR) is 96.1 cm³/mol. The third-order valence-corrected chi connectivity index (χ3v) is 3.29. The van der Waals surface area contributed by atoms with Crippen molar-refractivity contribution in [1.29, 1.82) is 0 Å². The van der Waals surface area contributed by atoms with Crippen molar-refractivity contribution in [3.63, 3.8) is 0 Å². The van der Waals surface area contributed by atoms with E-state index in [2.05, 4.69) is 15.3 Å². The Hall–Kier alpha value is -3.41. The Balaban J connectivity index is 1.58. The van der Waals surface area contributed by atoms with Crippen LogP contribution in [-0.2, 0) is 6.54 Å². The summed E-state index contributed by atoms with van der Waals surface area (Å²) in [4.78, 5) is 8.46. The van der Waals surface area contributed by atoms with E-state index < -0.39 is 0 Å². The summed E-state index contributed by atoms with van der Waals surface area (Å²) in [7, 11) is 0. The largest absolute Gasteiger partial charge is 0.439 e. The summed E-state index contributed by atoms with van der Waals surface area (Å²) in [6.45, 7) is 0.388. The highest BCUT2D eigenvalue weighted by molar-refractivity contribution is 5.92. The van der Waals surface area contributed by atoms with Gasteiger partial charge in [-0.3, -0.25) is 0 Å². The van der Waals surface area contributed by atoms with Gasteiger partial charge in [-0.15, -0.1) is 0 Å². The first-order valence-electron chi connectivity index (χ1n) is 7.69. The van der Waals surface area contributed by atoms with Gasteiger partial charge in [-0.25, -0.2) is 14.4 Å². The number of nitrogens with two attached hydrogens (primary N) is 1. The molecule has 0 amide bonds. The monoisotopic (exact) mass is 336 g/mol. The summed E-state index contributed by atoms with van der Waals surface area (Å²) in [5.41, 5.74) is 7.61. The van der Waals surface area contributed by atoms with Crippen molar-refractivity contribution >= 4 is 11.6 Å². The Morgan fingerprint density at radius 2 is 1.92 bits per heavy atom. The van der Waals surface area contributed by atoms with Gasteiger partial charge in [0.15, 0.2) is 5.96 Å². The summed E-state index contributed by atoms with van der Waals surface area (Å²) in [5.74, 6) is 0.749. The minimum Gasteiger partial charge on any atom is -0.439 e. The van der Waals surface area contributed by atoms with E-state index in [1.165, 1.54) is 12.1 Å². The first kappa shape index (κ1) is 16.4. The van der Waals surface area contributed by atoms with Gasteiger partial charge in [-0.05, 0) is 29.8 Å². The number of nitrogens with one attached hydrogen (secondary N) is 1. The van der Waals surface area contributed by atoms with Gasteiger partial charge in [0.2, 0.25) is 5.88 Å². The van der Waals surface area contributed by atoms with Crippen LogP contribution in [0.5, 0.6) is 11.6 Å². The molecule has 1 aromatic heterocycles. The van der Waals surface area contributed by atoms with Gasteiger partial charge in [0.05, 0.1) is 6.54 Å². The van der Waals surface area contributed by atoms with Crippen LogP contribution in [0.25, 0.3) is 0 Å². The molecule has 0 aliphatic carbocycles. The molecule has 0 unspecified atom stereocenters. The van der Waals surface area contributed by atoms with Crippen molar-refractivity contribution in [1.82, 2.24) is 4.98 Å². The van der Waals surface area contributed by atoms with Gasteiger partial charge < -0.3 is 15.8 Å². The van der Waals surface area contributed by atoms with Crippen LogP contribution in [0.15, 0.2) is 77.9 Å². The minimum atomic E-state index is -0.357. The zero-order valence-corrected chi connectivity index (χ0v) is 13.4. The van der Waals surface area contributed by atoms with Crippen molar-refractivity contribution in [2.24, 2.45) is 10.7 Å². The van der Waals surface area contributed by atoms with Crippen LogP contribution in [0.3, 0.4) is 0 Å². The van der Waals surface area contributed by atoms with E-state index in [4.69, 9.17) is 10.5 Å². The molecule has 3 aromatic rings. The van der Waals surface area contributed by atoms with E-state index in [9.17, 15) is 4.39 Å². The van der Waals surface area contributed by atoms with Crippen LogP contribution in [0.4, 0.5) is 10.1 Å². The van der Waals surface area contributed by atoms with Gasteiger partial charge in [-0.1, -0.05) is 30.3 Å². The molecule has 1 heterocycles. The molecule has 0 aliphatic heterocycles. The van der Waals surface area contributed by atoms with Crippen LogP contribution < -0.4 is 15.8 Å². The summed E-state index contributed by atoms with van der Waals surface area (Å²) < 4.78 is 18.6. The van der Waals surface area contributed by atoms with E-state index >= 15 is 0 Å². The molecule has 0 saturated heterocycles. The zero-order valence-electron chi connectivity index (χ0n) is 13.4. The molecule has 0 aliphatic rings. The lowest BCUT2D eigenvalue weighted by molar-refractivity contribution is 0.457. The molecule has 25 heavy (non-hydrogen) atoms. The van der Waals surface area contributed by atoms with Crippen molar-refractivity contribution in [2.75, 3.05) is 5.32 Å². The van der Waals surface area contributed by atoms with E-state index in [-0.39, 0.29) is 5.82 Å². The topological polar surface area (TPSA) is 72.5 Å². The number of para-hydroxylation sites is 1. The molecular formula is C19H17FN4O. The number of hydrogen-bond acceptors (Lipinski definition) is 3. The molecule has 5 nitrogen and oxygen atoms in total. The van der Waals surface area contributed by atoms with Crippen LogP contribution in [-0.4, -0.2) is 10.9 Å². The third-order valence-electron chi connectivity index (χ3n) is 3.29. The van der Waals surface area contributed by atoms with Crippen molar-refractivity contribution < 1.29 is 9.13 Å². The lowest BCUT2D eigenvalue weighted by atomic mass is 10.3. The first-order chi connectivity index (χ1) is 12.2. The molecule has 0 saturated carbocycles. The third kappa shape index (κ3) is 5.04. The smallest absolute Gasteiger partial charge is 0.219 e. The fourth-order valence-electron chi connectivity index (χ4n) is 2.10. The van der Waals surface area contributed by atoms with Crippen molar-refractivity contribution in [2.45, 2.75) is 6.54 Å². The van der Waals surface area contributed by atoms with E-state index in [0.717, 1.165) is 11.3 Å². The quantitative estimate of drug-likeness (QED) is 0.547. The summed E-state index contributed by atoms with van der Waals surface area (Å²) >= 11 is 0. The zero-order chi connectivity index (χ0) is 17.5. The predicted octanol–water partition coefficient (Wildman–Crippen LogP) is 3.94. The summed E-state index contributed by atoms with van der Waals surface area (Å²) in [5, 5.41) is 3.01. The molecule has 0 spiro atoms. The van der Waals surface area contributed by atoms with Gasteiger partial charge >= 0.3 is 0 Å². The minimum absolute atomic E-state index is 0.325. The second-order valence-corrected chi connectivity index (χ2v) is 5.26. The number of aliphatic imine (C=N–C) groups is 1. The average Bonchev–Trinajstić information content (AvgIpc) is 2.62. The number of guanidine groups is 1. The Morgan fingerprint density at radius 3 is 2.64 bits per heavy atom. The highest BCUT2D eigenvalue weighted by Crippen LogP contribution is 2.20. The molecule has 2 aromatic carbocycles. The molecule has 0 fully saturated rings. The fourth-order valence-corrected chi connectivity index (χ4v) is 2.10. The molecule has 0 atom stereocenters. The number of pyridine rings is 1. The number of rotatable bonds is 5. The van der Waals surface area contributed by atoms with Crippen molar-refractivity contribution in [3.05, 3.63) is 84.3 Å². The fraction of sp³-hybridized carbons (Fsp3) is 0.0526. The standard InChI is InChI=1S/C19H17FN4O/c20-15-5-4-8-17(11-15)25-18-10-9-14(12-22-18)13-23-19(21)24-16-6-2-1-3-7-16/h1-12H,13H2,(H3,21,23,24). The normalized spacial score (nSPS) is 11.2. The maximum Gasteiger partial charge on any atom is 0.219 e. The molecular weight excluding hydrogens is 319 g/mol. The number of anilines is 1. The number of aromatic nitrogens is 1. The molecule has 3 N–H and O–H groups in total. The second-order valence-electron chi connectivity index (χ2n) is 5.26. The highest BCUT2D eigenvalue weighted by atomic mass is 19.1. The molecule has 0 bridgehead atoms. The van der Waals surface area contributed by atoms with E-state index in [1.54, 1.807) is 24.4 Å². The van der Waals surface area contributed by atoms with Gasteiger partial charge in [0.1, 0.15) is 11.6 Å².